The van der Waals surface area contributed by atoms with Crippen LogP contribution in [0.3, 0.4) is 0 Å². The van der Waals surface area contributed by atoms with Crippen molar-refractivity contribution in [2.24, 2.45) is 4.99 Å². The highest BCUT2D eigenvalue weighted by molar-refractivity contribution is 6.01. The molecule has 0 amide bonds. The van der Waals surface area contributed by atoms with Crippen LogP contribution in [0.5, 0.6) is 11.5 Å². The molecule has 2 heterocycles. The molecule has 84 valence electrons. The molecule has 4 heteroatoms. The first-order valence-electron chi connectivity index (χ1n) is 5.61. The smallest absolute Gasteiger partial charge is 0.159 e. The summed E-state index contributed by atoms with van der Waals surface area (Å²) in [6.07, 6.45) is 2.86. The fraction of sp³-hybridized carbons (Fsp3) is 0.417. The van der Waals surface area contributed by atoms with Crippen LogP contribution in [0.2, 0.25) is 0 Å². The molecule has 4 nitrogen and oxygen atoms in total. The minimum absolute atomic E-state index is 0.0313. The van der Waals surface area contributed by atoms with Crippen molar-refractivity contribution in [1.29, 1.82) is 0 Å². The summed E-state index contributed by atoms with van der Waals surface area (Å²) < 4.78 is 0. The maximum atomic E-state index is 9.55. The van der Waals surface area contributed by atoms with Gasteiger partial charge in [-0.25, -0.2) is 0 Å². The van der Waals surface area contributed by atoms with Crippen molar-refractivity contribution in [3.63, 3.8) is 0 Å². The summed E-state index contributed by atoms with van der Waals surface area (Å²) in [5.41, 5.74) is 2.09. The summed E-state index contributed by atoms with van der Waals surface area (Å²) in [5.74, 6) is 1.03. The van der Waals surface area contributed by atoms with Gasteiger partial charge in [-0.3, -0.25) is 4.99 Å². The van der Waals surface area contributed by atoms with Gasteiger partial charge in [-0.1, -0.05) is 0 Å². The quantitative estimate of drug-likeness (QED) is 0.651. The van der Waals surface area contributed by atoms with E-state index in [1.165, 1.54) is 0 Å². The Morgan fingerprint density at radius 2 is 1.94 bits per heavy atom. The minimum Gasteiger partial charge on any atom is -0.504 e. The number of phenols is 2. The van der Waals surface area contributed by atoms with E-state index >= 15 is 0 Å². The van der Waals surface area contributed by atoms with Gasteiger partial charge in [0.15, 0.2) is 11.5 Å². The van der Waals surface area contributed by atoms with Crippen LogP contribution in [0.25, 0.3) is 0 Å². The predicted molar refractivity (Wildman–Crippen MR) is 62.4 cm³/mol. The third-order valence-electron chi connectivity index (χ3n) is 3.23. The van der Waals surface area contributed by atoms with E-state index in [0.29, 0.717) is 0 Å². The molecule has 0 spiro atoms. The largest absolute Gasteiger partial charge is 0.504 e. The second-order valence-electron chi connectivity index (χ2n) is 4.27. The molecule has 3 rings (SSSR count). The summed E-state index contributed by atoms with van der Waals surface area (Å²) in [7, 11) is 0. The Kier molecular flexibility index (Phi) is 2.02. The zero-order valence-corrected chi connectivity index (χ0v) is 8.98. The predicted octanol–water partition coefficient (Wildman–Crippen LogP) is 1.65. The molecular weight excluding hydrogens is 204 g/mol. The Bertz CT molecular complexity index is 468. The van der Waals surface area contributed by atoms with Crippen LogP contribution in [0.4, 0.5) is 5.69 Å². The lowest BCUT2D eigenvalue weighted by atomic mass is 9.99. The van der Waals surface area contributed by atoms with Gasteiger partial charge in [0.25, 0.3) is 0 Å². The van der Waals surface area contributed by atoms with Crippen molar-refractivity contribution in [1.82, 2.24) is 0 Å². The number of fused-ring (bicyclic) bond motifs is 3. The first kappa shape index (κ1) is 9.51. The average molecular weight is 218 g/mol. The summed E-state index contributed by atoms with van der Waals surface area (Å²) in [6, 6.07) is 3.31. The zero-order valence-electron chi connectivity index (χ0n) is 8.98. The molecule has 2 aliphatic rings. The molecular formula is C12H14N2O2. The summed E-state index contributed by atoms with van der Waals surface area (Å²) in [5, 5.41) is 19.0. The molecule has 0 radical (unpaired) electrons. The lowest BCUT2D eigenvalue weighted by Gasteiger charge is -2.35. The van der Waals surface area contributed by atoms with Crippen LogP contribution in [0.1, 0.15) is 18.4 Å². The molecule has 0 bridgehead atoms. The van der Waals surface area contributed by atoms with Gasteiger partial charge in [-0.15, -0.1) is 0 Å². The van der Waals surface area contributed by atoms with Crippen LogP contribution in [0, 0.1) is 0 Å². The second kappa shape index (κ2) is 3.40. The molecule has 16 heavy (non-hydrogen) atoms. The van der Waals surface area contributed by atoms with Crippen LogP contribution >= 0.6 is 0 Å². The van der Waals surface area contributed by atoms with Gasteiger partial charge < -0.3 is 15.1 Å². The SMILES string of the molecule is Oc1cc2c(cc1O)N1CCCN=C1CC2. The average Bonchev–Trinajstić information content (AvgIpc) is 2.31. The summed E-state index contributed by atoms with van der Waals surface area (Å²) in [4.78, 5) is 6.66. The normalized spacial score (nSPS) is 18.8. The number of aryl methyl sites for hydroxylation is 1. The highest BCUT2D eigenvalue weighted by Gasteiger charge is 2.25. The Hall–Kier alpha value is -1.71. The molecule has 0 saturated heterocycles. The fourth-order valence-corrected chi connectivity index (χ4v) is 2.43. The molecule has 0 aromatic heterocycles. The van der Waals surface area contributed by atoms with Crippen molar-refractivity contribution in [2.75, 3.05) is 18.0 Å². The zero-order chi connectivity index (χ0) is 11.1. The number of aromatic hydroxyl groups is 2. The third-order valence-corrected chi connectivity index (χ3v) is 3.23. The molecule has 0 fully saturated rings. The Labute approximate surface area is 93.9 Å². The number of anilines is 1. The highest BCUT2D eigenvalue weighted by Crippen LogP contribution is 2.37. The highest BCUT2D eigenvalue weighted by atomic mass is 16.3. The number of benzene rings is 1. The van der Waals surface area contributed by atoms with E-state index in [4.69, 9.17) is 0 Å². The summed E-state index contributed by atoms with van der Waals surface area (Å²) in [6.45, 7) is 1.86. The Morgan fingerprint density at radius 3 is 2.81 bits per heavy atom. The number of aliphatic imine (C=N–C) groups is 1. The van der Waals surface area contributed by atoms with Crippen LogP contribution in [-0.4, -0.2) is 29.1 Å². The number of hydrogen-bond donors (Lipinski definition) is 2. The second-order valence-corrected chi connectivity index (χ2v) is 4.27. The molecule has 0 aliphatic carbocycles. The van der Waals surface area contributed by atoms with Crippen LogP contribution in [-0.2, 0) is 6.42 Å². The molecule has 0 unspecified atom stereocenters. The Balaban J connectivity index is 2.11. The maximum Gasteiger partial charge on any atom is 0.159 e. The van der Waals surface area contributed by atoms with Gasteiger partial charge in [0.05, 0.1) is 0 Å². The van der Waals surface area contributed by atoms with E-state index in [0.717, 1.165) is 49.4 Å². The summed E-state index contributed by atoms with van der Waals surface area (Å²) >= 11 is 0. The standard InChI is InChI=1S/C12H14N2O2/c15-10-6-8-2-3-12-13-4-1-5-14(12)9(8)7-11(10)16/h6-7,15-16H,1-5H2. The van der Waals surface area contributed by atoms with Gasteiger partial charge in [0.1, 0.15) is 5.84 Å². The molecule has 2 N–H and O–H groups in total. The first-order valence-corrected chi connectivity index (χ1v) is 5.61. The van der Waals surface area contributed by atoms with Crippen molar-refractivity contribution >= 4 is 11.5 Å². The van der Waals surface area contributed by atoms with E-state index in [-0.39, 0.29) is 11.5 Å². The Morgan fingerprint density at radius 1 is 1.12 bits per heavy atom. The van der Waals surface area contributed by atoms with Crippen molar-refractivity contribution in [3.8, 4) is 11.5 Å². The molecule has 2 aliphatic heterocycles. The number of hydrogen-bond acceptors (Lipinski definition) is 4. The van der Waals surface area contributed by atoms with Crippen molar-refractivity contribution in [2.45, 2.75) is 19.3 Å². The van der Waals surface area contributed by atoms with E-state index in [2.05, 4.69) is 9.89 Å². The van der Waals surface area contributed by atoms with E-state index in [1.54, 1.807) is 12.1 Å². The molecule has 0 saturated carbocycles. The number of phenolic OH excluding ortho intramolecular Hbond substituents is 2. The maximum absolute atomic E-state index is 9.55. The monoisotopic (exact) mass is 218 g/mol. The van der Waals surface area contributed by atoms with Crippen molar-refractivity contribution < 1.29 is 10.2 Å². The van der Waals surface area contributed by atoms with Gasteiger partial charge in [-0.2, -0.15) is 0 Å². The van der Waals surface area contributed by atoms with Crippen LogP contribution < -0.4 is 4.90 Å². The number of nitrogens with zero attached hydrogens (tertiary/aromatic N) is 2. The van der Waals surface area contributed by atoms with Gasteiger partial charge >= 0.3 is 0 Å². The van der Waals surface area contributed by atoms with E-state index in [1.807, 2.05) is 0 Å². The van der Waals surface area contributed by atoms with Gasteiger partial charge in [-0.05, 0) is 24.5 Å². The first-order chi connectivity index (χ1) is 7.75. The third kappa shape index (κ3) is 1.33. The van der Waals surface area contributed by atoms with Gasteiger partial charge in [0.2, 0.25) is 0 Å². The van der Waals surface area contributed by atoms with Crippen molar-refractivity contribution in [3.05, 3.63) is 17.7 Å². The van der Waals surface area contributed by atoms with Crippen LogP contribution in [0.15, 0.2) is 17.1 Å². The lowest BCUT2D eigenvalue weighted by Crippen LogP contribution is -2.39. The van der Waals surface area contributed by atoms with Gasteiger partial charge in [0, 0.05) is 31.3 Å². The molecule has 1 aromatic carbocycles. The molecule has 0 atom stereocenters. The van der Waals surface area contributed by atoms with E-state index in [9.17, 15) is 10.2 Å². The topological polar surface area (TPSA) is 56.1 Å². The number of amidine groups is 1. The minimum atomic E-state index is -0.0504. The van der Waals surface area contributed by atoms with E-state index < -0.39 is 0 Å². The number of rotatable bonds is 0. The lowest BCUT2D eigenvalue weighted by molar-refractivity contribution is 0.403. The fourth-order valence-electron chi connectivity index (χ4n) is 2.43. The molecule has 1 aromatic rings.